The van der Waals surface area contributed by atoms with Crippen molar-refractivity contribution in [3.8, 4) is 0 Å². The van der Waals surface area contributed by atoms with Crippen molar-refractivity contribution in [3.63, 3.8) is 0 Å². The first-order chi connectivity index (χ1) is 24.6. The molecule has 22 nitrogen and oxygen atoms in total. The van der Waals surface area contributed by atoms with Gasteiger partial charge in [-0.2, -0.15) is 0 Å². The zero-order valence-corrected chi connectivity index (χ0v) is 28.7. The first-order valence-electron chi connectivity index (χ1n) is 17.5. The Morgan fingerprint density at radius 2 is 1.29 bits per heavy atom. The maximum Gasteiger partial charge on any atom is 0.263 e. The fourth-order valence-electron chi connectivity index (χ4n) is 7.69. The molecule has 0 aromatic heterocycles. The van der Waals surface area contributed by atoms with Gasteiger partial charge in [-0.25, -0.2) is 4.90 Å². The zero-order chi connectivity index (χ0) is 37.9. The van der Waals surface area contributed by atoms with Crippen LogP contribution >= 0.6 is 0 Å². The summed E-state index contributed by atoms with van der Waals surface area (Å²) in [5.41, 5.74) is 12.9. The third kappa shape index (κ3) is 7.04. The molecule has 20 atom stereocenters. The standard InChI is InChI=1S/C30H53N3O19/c1-3-5-33(29(31,32)4-2)30(25(42)16(38)14(36)11(7-35)51-30)52-21-13-9-45-24(21)19(41)28(48-13)50-22-15(37)10(6-34)47-27(18(22)40)49-20-12-8-44-23(20)17(39)26(43)46-12/h10-28,34-43H,3-9,31-32H2,1-2H3/t10-,11-,12+,13+,14+,15-,16+,17+,18-,19+,20+,21+,22+,23+,24+,25-,26-,27+,28+,30+/m1/s1. The van der Waals surface area contributed by atoms with Crippen molar-refractivity contribution in [2.75, 3.05) is 33.0 Å². The number of nitrogens with zero attached hydrogens (tertiary/aromatic N) is 1. The van der Waals surface area contributed by atoms with Gasteiger partial charge in [0.1, 0.15) is 97.3 Å². The number of rotatable bonds is 13. The minimum atomic E-state index is -2.42. The van der Waals surface area contributed by atoms with Crippen LogP contribution in [0.4, 0.5) is 0 Å². The second kappa shape index (κ2) is 15.9. The van der Waals surface area contributed by atoms with E-state index in [4.69, 9.17) is 54.1 Å². The highest BCUT2D eigenvalue weighted by Crippen LogP contribution is 2.43. The molecule has 52 heavy (non-hydrogen) atoms. The van der Waals surface area contributed by atoms with E-state index in [2.05, 4.69) is 0 Å². The number of hydrogen-bond acceptors (Lipinski definition) is 22. The minimum Gasteiger partial charge on any atom is -0.394 e. The summed E-state index contributed by atoms with van der Waals surface area (Å²) in [6.45, 7) is 1.69. The molecule has 0 radical (unpaired) electrons. The zero-order valence-electron chi connectivity index (χ0n) is 28.7. The summed E-state index contributed by atoms with van der Waals surface area (Å²) in [6.07, 6.45) is -27.6. The van der Waals surface area contributed by atoms with Crippen LogP contribution in [0.15, 0.2) is 0 Å². The van der Waals surface area contributed by atoms with Crippen molar-refractivity contribution >= 4 is 0 Å². The van der Waals surface area contributed by atoms with Gasteiger partial charge < -0.3 is 105 Å². The normalized spacial score (nSPS) is 50.9. The average molecular weight is 760 g/mol. The SMILES string of the molecule is CCCN(C(N)(N)CC)[C@]1(O[C@@H]2[C@H]3OC[C@@H]2O[C@@H](O[C@@H]2[C@@H](O)[C@H](O[C@@H]4[C@H]5OC[C@@H]4O[C@@H](O)[C@H]5O)O[C@H](CO)[C@H]2O)[C@H]3O)O[C@H](CO)[C@H](O)[C@H](O)[C@H]1O. The van der Waals surface area contributed by atoms with Crippen LogP contribution in [0, 0.1) is 0 Å². The number of aliphatic hydroxyl groups is 10. The van der Waals surface area contributed by atoms with Crippen molar-refractivity contribution in [2.24, 2.45) is 11.5 Å². The van der Waals surface area contributed by atoms with E-state index in [9.17, 15) is 51.1 Å². The number of fused-ring (bicyclic) bond motifs is 4. The third-order valence-electron chi connectivity index (χ3n) is 10.7. The van der Waals surface area contributed by atoms with Gasteiger partial charge in [0, 0.05) is 6.54 Å². The van der Waals surface area contributed by atoms with Crippen LogP contribution in [0.5, 0.6) is 0 Å². The highest BCUT2D eigenvalue weighted by molar-refractivity contribution is 5.05. The van der Waals surface area contributed by atoms with Crippen molar-refractivity contribution in [2.45, 2.75) is 155 Å². The monoisotopic (exact) mass is 759 g/mol. The Kier molecular flexibility index (Phi) is 12.5. The molecule has 0 aliphatic carbocycles. The lowest BCUT2D eigenvalue weighted by Gasteiger charge is -2.57. The van der Waals surface area contributed by atoms with Crippen LogP contribution in [0.3, 0.4) is 0 Å². The van der Waals surface area contributed by atoms with Gasteiger partial charge in [0.25, 0.3) is 5.91 Å². The van der Waals surface area contributed by atoms with Crippen LogP contribution in [0.1, 0.15) is 26.7 Å². The van der Waals surface area contributed by atoms with Crippen LogP contribution in [-0.2, 0) is 42.6 Å². The first-order valence-corrected chi connectivity index (χ1v) is 17.5. The van der Waals surface area contributed by atoms with Gasteiger partial charge in [0.15, 0.2) is 25.0 Å². The smallest absolute Gasteiger partial charge is 0.263 e. The molecule has 6 rings (SSSR count). The van der Waals surface area contributed by atoms with Crippen molar-refractivity contribution < 1.29 is 93.7 Å². The van der Waals surface area contributed by atoms with Crippen molar-refractivity contribution in [1.29, 1.82) is 0 Å². The Morgan fingerprint density at radius 3 is 1.90 bits per heavy atom. The molecule has 22 heteroatoms. The summed E-state index contributed by atoms with van der Waals surface area (Å²) in [6, 6.07) is 0. The average Bonchev–Trinajstić information content (AvgIpc) is 3.61. The van der Waals surface area contributed by atoms with E-state index in [-0.39, 0.29) is 26.2 Å². The van der Waals surface area contributed by atoms with E-state index in [0.717, 1.165) is 0 Å². The molecule has 4 bridgehead atoms. The highest BCUT2D eigenvalue weighted by atomic mass is 16.8. The lowest BCUT2D eigenvalue weighted by atomic mass is 9.93. The molecular formula is C30H53N3O19. The Bertz CT molecular complexity index is 1190. The van der Waals surface area contributed by atoms with E-state index in [1.807, 2.05) is 0 Å². The maximum atomic E-state index is 11.5. The molecule has 302 valence electrons. The predicted molar refractivity (Wildman–Crippen MR) is 165 cm³/mol. The molecule has 0 spiro atoms. The molecular weight excluding hydrogens is 706 g/mol. The molecule has 6 aliphatic heterocycles. The van der Waals surface area contributed by atoms with Crippen LogP contribution in [0.25, 0.3) is 0 Å². The molecule has 0 unspecified atom stereocenters. The molecule has 0 aromatic rings. The van der Waals surface area contributed by atoms with Gasteiger partial charge in [-0.3, -0.25) is 0 Å². The van der Waals surface area contributed by atoms with E-state index in [1.165, 1.54) is 4.90 Å². The fraction of sp³-hybridized carbons (Fsp3) is 1.00. The lowest BCUT2D eigenvalue weighted by molar-refractivity contribution is -0.450. The predicted octanol–water partition coefficient (Wildman–Crippen LogP) is -7.64. The number of hydrogen-bond donors (Lipinski definition) is 12. The van der Waals surface area contributed by atoms with Crippen LogP contribution < -0.4 is 11.5 Å². The molecule has 0 aromatic carbocycles. The second-order valence-electron chi connectivity index (χ2n) is 14.1. The summed E-state index contributed by atoms with van der Waals surface area (Å²) in [5, 5.41) is 107. The summed E-state index contributed by atoms with van der Waals surface area (Å²) in [4.78, 5) is 1.26. The first kappa shape index (κ1) is 40.8. The molecule has 6 saturated heterocycles. The lowest BCUT2D eigenvalue weighted by Crippen LogP contribution is -2.80. The van der Waals surface area contributed by atoms with Crippen LogP contribution in [-0.4, -0.2) is 217 Å². The maximum absolute atomic E-state index is 11.5. The summed E-state index contributed by atoms with van der Waals surface area (Å²) >= 11 is 0. The quantitative estimate of drug-likeness (QED) is 0.0776. The molecule has 14 N–H and O–H groups in total. The second-order valence-corrected chi connectivity index (χ2v) is 14.1. The van der Waals surface area contributed by atoms with E-state index in [0.29, 0.717) is 6.42 Å². The third-order valence-corrected chi connectivity index (χ3v) is 10.7. The number of ether oxygens (including phenoxy) is 9. The van der Waals surface area contributed by atoms with Crippen molar-refractivity contribution in [3.05, 3.63) is 0 Å². The Morgan fingerprint density at radius 1 is 0.692 bits per heavy atom. The minimum absolute atomic E-state index is 0.0336. The highest BCUT2D eigenvalue weighted by Gasteiger charge is 2.65. The van der Waals surface area contributed by atoms with E-state index >= 15 is 0 Å². The van der Waals surface area contributed by atoms with Gasteiger partial charge in [-0.05, 0) is 12.8 Å². The van der Waals surface area contributed by atoms with Crippen LogP contribution in [0.2, 0.25) is 0 Å². The van der Waals surface area contributed by atoms with Gasteiger partial charge in [0.2, 0.25) is 0 Å². The molecule has 6 fully saturated rings. The van der Waals surface area contributed by atoms with Crippen molar-refractivity contribution in [1.82, 2.24) is 4.90 Å². The van der Waals surface area contributed by atoms with Gasteiger partial charge in [-0.1, -0.05) is 13.8 Å². The summed E-state index contributed by atoms with van der Waals surface area (Å²) in [5.74, 6) is -4.15. The Labute approximate surface area is 298 Å². The summed E-state index contributed by atoms with van der Waals surface area (Å²) < 4.78 is 52.6. The van der Waals surface area contributed by atoms with Gasteiger partial charge in [0.05, 0.1) is 26.4 Å². The molecule has 0 saturated carbocycles. The molecule has 6 heterocycles. The van der Waals surface area contributed by atoms with Gasteiger partial charge >= 0.3 is 0 Å². The topological polar surface area (TPSA) is 341 Å². The Hall–Kier alpha value is -0.880. The molecule has 6 aliphatic rings. The summed E-state index contributed by atoms with van der Waals surface area (Å²) in [7, 11) is 0. The molecule has 0 amide bonds. The Balaban J connectivity index is 1.22. The fourth-order valence-corrected chi connectivity index (χ4v) is 7.69. The largest absolute Gasteiger partial charge is 0.394 e. The van der Waals surface area contributed by atoms with E-state index < -0.39 is 141 Å². The van der Waals surface area contributed by atoms with Gasteiger partial charge in [-0.15, -0.1) is 0 Å². The number of nitrogens with two attached hydrogens (primary N) is 2. The number of aliphatic hydroxyl groups excluding tert-OH is 10. The van der Waals surface area contributed by atoms with E-state index in [1.54, 1.807) is 13.8 Å².